The predicted molar refractivity (Wildman–Crippen MR) is 48.2 cm³/mol. The van der Waals surface area contributed by atoms with Crippen LogP contribution in [0.1, 0.15) is 22.6 Å². The maximum atomic E-state index is 6.04. The zero-order chi connectivity index (χ0) is 8.32. The average molecular weight is 158 g/mol. The fourth-order valence-corrected chi connectivity index (χ4v) is 1.35. The molecule has 0 radical (unpaired) electrons. The normalized spacial score (nSPS) is 29.9. The van der Waals surface area contributed by atoms with Crippen molar-refractivity contribution in [3.05, 3.63) is 12.4 Å². The lowest BCUT2D eigenvalue weighted by atomic mass is 10.3. The van der Waals surface area contributed by atoms with Crippen LogP contribution in [0.4, 0.5) is 0 Å². The van der Waals surface area contributed by atoms with E-state index in [0.29, 0.717) is 4.59 Å². The van der Waals surface area contributed by atoms with Gasteiger partial charge in [0.2, 0.25) is 0 Å². The summed E-state index contributed by atoms with van der Waals surface area (Å²) in [6.07, 6.45) is 6.54. The summed E-state index contributed by atoms with van der Waals surface area (Å²) in [6.45, 7) is 4.16. The van der Waals surface area contributed by atoms with Crippen LogP contribution >= 0.6 is 0 Å². The molecule has 0 spiro atoms. The number of quaternary nitrogens is 1. The highest BCUT2D eigenvalue weighted by Crippen LogP contribution is 2.11. The van der Waals surface area contributed by atoms with Crippen molar-refractivity contribution in [2.75, 3.05) is 20.3 Å². The maximum absolute atomic E-state index is 6.04. The first-order valence-electron chi connectivity index (χ1n) is 4.21. The molecule has 0 amide bonds. The molecular weight excluding hydrogens is 138 g/mol. The maximum Gasteiger partial charge on any atom is 1.00 e. The van der Waals surface area contributed by atoms with E-state index in [4.69, 9.17) is 5.84 Å². The van der Waals surface area contributed by atoms with Crippen molar-refractivity contribution in [2.24, 2.45) is 5.84 Å². The molecule has 1 unspecified atom stereocenters. The predicted octanol–water partition coefficient (Wildman–Crippen LogP) is 1.08. The smallest absolute Gasteiger partial charge is 0.328 e. The second kappa shape index (κ2) is 3.24. The minimum absolute atomic E-state index is 0. The van der Waals surface area contributed by atoms with Gasteiger partial charge in [-0.3, -0.25) is 0 Å². The minimum atomic E-state index is 0. The second-order valence-electron chi connectivity index (χ2n) is 3.38. The number of unbranched alkanes of at least 4 members (excludes halogenated alkanes) is 1. The van der Waals surface area contributed by atoms with Gasteiger partial charge in [-0.25, -0.2) is 4.59 Å². The summed E-state index contributed by atoms with van der Waals surface area (Å²) in [5.74, 6) is 6.04. The van der Waals surface area contributed by atoms with Crippen LogP contribution in [0, 0.1) is 0 Å². The second-order valence-corrected chi connectivity index (χ2v) is 3.38. The Labute approximate surface area is 71.6 Å². The zero-order valence-electron chi connectivity index (χ0n) is 9.45. The van der Waals surface area contributed by atoms with E-state index in [2.05, 4.69) is 31.3 Å². The van der Waals surface area contributed by atoms with Gasteiger partial charge in [0.25, 0.3) is 0 Å². The highest BCUT2D eigenvalue weighted by molar-refractivity contribution is 4.77. The van der Waals surface area contributed by atoms with Crippen LogP contribution in [0.25, 0.3) is 0 Å². The number of nitrogens with zero attached hydrogens (tertiary/aromatic N) is 2. The third-order valence-corrected chi connectivity index (χ3v) is 2.03. The highest BCUT2D eigenvalue weighted by Gasteiger charge is 2.25. The third-order valence-electron chi connectivity index (χ3n) is 2.03. The Hall–Kier alpha value is -0.540. The fourth-order valence-electron chi connectivity index (χ4n) is 1.35. The Morgan fingerprint density at radius 1 is 1.73 bits per heavy atom. The summed E-state index contributed by atoms with van der Waals surface area (Å²) in [5, 5.41) is 0. The van der Waals surface area contributed by atoms with Crippen LogP contribution < -0.4 is 5.84 Å². The van der Waals surface area contributed by atoms with Gasteiger partial charge >= 0.3 is 2.85 Å². The molecule has 1 rings (SSSR count). The van der Waals surface area contributed by atoms with Crippen molar-refractivity contribution in [1.82, 2.24) is 4.90 Å². The molecule has 1 aliphatic heterocycles. The van der Waals surface area contributed by atoms with E-state index >= 15 is 0 Å². The first kappa shape index (κ1) is 8.56. The van der Waals surface area contributed by atoms with Crippen molar-refractivity contribution in [3.63, 3.8) is 0 Å². The van der Waals surface area contributed by atoms with Gasteiger partial charge in [-0.2, -0.15) is 5.84 Å². The van der Waals surface area contributed by atoms with E-state index in [9.17, 15) is 0 Å². The SMILES string of the molecule is CCCC[N+]1(N)C=CN(C)C1.[H+].[H+]. The van der Waals surface area contributed by atoms with Crippen LogP contribution in [0.3, 0.4) is 0 Å². The molecule has 3 heteroatoms. The monoisotopic (exact) mass is 158 g/mol. The van der Waals surface area contributed by atoms with Crippen LogP contribution in [0.5, 0.6) is 0 Å². The lowest BCUT2D eigenvalue weighted by Gasteiger charge is -2.25. The van der Waals surface area contributed by atoms with Crippen molar-refractivity contribution in [3.8, 4) is 0 Å². The molecule has 3 nitrogen and oxygen atoms in total. The van der Waals surface area contributed by atoms with Crippen LogP contribution in [0.15, 0.2) is 12.4 Å². The summed E-state index contributed by atoms with van der Waals surface area (Å²) in [5.41, 5.74) is 0. The molecule has 0 saturated heterocycles. The zero-order valence-corrected chi connectivity index (χ0v) is 7.45. The number of nitrogens with two attached hydrogens (primary N) is 1. The highest BCUT2D eigenvalue weighted by atomic mass is 15.6. The van der Waals surface area contributed by atoms with Crippen LogP contribution in [-0.4, -0.2) is 29.8 Å². The lowest BCUT2D eigenvalue weighted by Crippen LogP contribution is -2.51. The van der Waals surface area contributed by atoms with E-state index in [1.165, 1.54) is 12.8 Å². The van der Waals surface area contributed by atoms with Crippen LogP contribution in [-0.2, 0) is 0 Å². The fraction of sp³-hybridized carbons (Fsp3) is 0.750. The van der Waals surface area contributed by atoms with Gasteiger partial charge in [-0.15, -0.1) is 0 Å². The topological polar surface area (TPSA) is 29.3 Å². The molecule has 0 aliphatic carbocycles. The molecule has 0 fully saturated rings. The van der Waals surface area contributed by atoms with E-state index < -0.39 is 0 Å². The summed E-state index contributed by atoms with van der Waals surface area (Å²) < 4.78 is 0.588. The molecule has 0 aromatic rings. The van der Waals surface area contributed by atoms with E-state index in [1.54, 1.807) is 0 Å². The van der Waals surface area contributed by atoms with Gasteiger partial charge in [-0.05, 0) is 6.42 Å². The molecule has 0 saturated carbocycles. The van der Waals surface area contributed by atoms with Gasteiger partial charge < -0.3 is 4.90 Å². The van der Waals surface area contributed by atoms with Gasteiger partial charge in [0.15, 0.2) is 6.67 Å². The number of hydrogen-bond donors (Lipinski definition) is 1. The van der Waals surface area contributed by atoms with Crippen molar-refractivity contribution in [2.45, 2.75) is 19.8 Å². The molecule has 2 N–H and O–H groups in total. The van der Waals surface area contributed by atoms with Crippen molar-refractivity contribution in [1.29, 1.82) is 0 Å². The summed E-state index contributed by atoms with van der Waals surface area (Å²) in [7, 11) is 2.05. The van der Waals surface area contributed by atoms with E-state index in [1.807, 2.05) is 0 Å². The first-order valence-corrected chi connectivity index (χ1v) is 4.21. The standard InChI is InChI=1S/C8H18N3/c1-3-4-6-11(9)7-5-10(2)8-11/h5,7H,3-4,6,8-9H2,1-2H3/q+1/p+2. The summed E-state index contributed by atoms with van der Waals surface area (Å²) in [4.78, 5) is 2.12. The Bertz CT molecular complexity index is 163. The van der Waals surface area contributed by atoms with Crippen molar-refractivity contribution >= 4 is 0 Å². The molecule has 1 aliphatic rings. The van der Waals surface area contributed by atoms with Gasteiger partial charge in [-0.1, -0.05) is 13.3 Å². The van der Waals surface area contributed by atoms with E-state index in [0.717, 1.165) is 13.2 Å². The van der Waals surface area contributed by atoms with Crippen LogP contribution in [0.2, 0.25) is 0 Å². The molecule has 0 aromatic heterocycles. The Balaban J connectivity index is 0. The Kier molecular flexibility index (Phi) is 2.52. The third kappa shape index (κ3) is 2.20. The Morgan fingerprint density at radius 2 is 2.45 bits per heavy atom. The molecule has 1 heterocycles. The minimum Gasteiger partial charge on any atom is -0.328 e. The number of hydrogen-bond acceptors (Lipinski definition) is 2. The quantitative estimate of drug-likeness (QED) is 0.492. The first-order chi connectivity index (χ1) is 5.16. The summed E-state index contributed by atoms with van der Waals surface area (Å²) >= 11 is 0. The molecule has 64 valence electrons. The van der Waals surface area contributed by atoms with Gasteiger partial charge in [0.05, 0.1) is 6.20 Å². The molecular formula is C8H20N3+3. The number of rotatable bonds is 3. The summed E-state index contributed by atoms with van der Waals surface area (Å²) in [6, 6.07) is 0. The van der Waals surface area contributed by atoms with Crippen molar-refractivity contribution < 1.29 is 7.45 Å². The van der Waals surface area contributed by atoms with E-state index in [-0.39, 0.29) is 2.85 Å². The molecule has 1 atom stereocenters. The average Bonchev–Trinajstić information content (AvgIpc) is 2.28. The van der Waals surface area contributed by atoms with Gasteiger partial charge in [0.1, 0.15) is 12.7 Å². The molecule has 0 aromatic carbocycles. The van der Waals surface area contributed by atoms with Gasteiger partial charge in [0, 0.05) is 7.05 Å². The Morgan fingerprint density at radius 3 is 2.91 bits per heavy atom. The largest absolute Gasteiger partial charge is 1.00 e. The lowest BCUT2D eigenvalue weighted by molar-refractivity contribution is -0.893. The molecule has 11 heavy (non-hydrogen) atoms. The molecule has 0 bridgehead atoms.